The van der Waals surface area contributed by atoms with E-state index in [1.54, 1.807) is 12.1 Å². The Hall–Kier alpha value is -3.46. The number of nitro benzene ring substituents is 1. The number of nitrogens with one attached hydrogen (secondary N) is 2. The summed E-state index contributed by atoms with van der Waals surface area (Å²) in [6.45, 7) is 0.684. The van der Waals surface area contributed by atoms with Crippen LogP contribution < -0.4 is 10.6 Å². The molecule has 2 N–H and O–H groups in total. The molecule has 2 rings (SSSR count). The third-order valence-electron chi connectivity index (χ3n) is 4.01. The molecule has 0 spiro atoms. The Morgan fingerprint density at radius 1 is 1.07 bits per heavy atom. The maximum absolute atomic E-state index is 12.5. The van der Waals surface area contributed by atoms with Gasteiger partial charge in [-0.15, -0.1) is 0 Å². The standard InChI is InChI=1S/C20H23N3O6/c1-28-12-11-21-19(24)18(13-15-7-9-17(10-8-15)23(26)27)22-20(25)29-14-16-5-3-2-4-6-16/h2-10,18H,11-14H2,1H3,(H,21,24)(H,22,25)/t18-/m0/s1. The molecule has 0 saturated heterocycles. The summed E-state index contributed by atoms with van der Waals surface area (Å²) < 4.78 is 10.1. The van der Waals surface area contributed by atoms with Gasteiger partial charge in [-0.2, -0.15) is 0 Å². The van der Waals surface area contributed by atoms with Crippen molar-refractivity contribution in [3.05, 3.63) is 75.8 Å². The fraction of sp³-hybridized carbons (Fsp3) is 0.300. The number of hydrogen-bond donors (Lipinski definition) is 2. The summed E-state index contributed by atoms with van der Waals surface area (Å²) in [6, 6.07) is 14.0. The maximum Gasteiger partial charge on any atom is 0.408 e. The number of rotatable bonds is 10. The summed E-state index contributed by atoms with van der Waals surface area (Å²) in [4.78, 5) is 34.9. The highest BCUT2D eigenvalue weighted by Crippen LogP contribution is 2.13. The van der Waals surface area contributed by atoms with Crippen molar-refractivity contribution < 1.29 is 24.0 Å². The molecule has 2 aromatic rings. The van der Waals surface area contributed by atoms with Gasteiger partial charge in [0.2, 0.25) is 5.91 Å². The molecule has 0 aliphatic rings. The average molecular weight is 401 g/mol. The maximum atomic E-state index is 12.5. The molecular weight excluding hydrogens is 378 g/mol. The molecule has 29 heavy (non-hydrogen) atoms. The van der Waals surface area contributed by atoms with Gasteiger partial charge in [0.15, 0.2) is 0 Å². The van der Waals surface area contributed by atoms with E-state index in [1.165, 1.54) is 19.2 Å². The predicted octanol–water partition coefficient (Wildman–Crippen LogP) is 2.19. The number of ether oxygens (including phenoxy) is 2. The van der Waals surface area contributed by atoms with Gasteiger partial charge in [-0.3, -0.25) is 14.9 Å². The molecule has 9 nitrogen and oxygen atoms in total. The Bertz CT molecular complexity index is 811. The van der Waals surface area contributed by atoms with E-state index < -0.39 is 23.0 Å². The lowest BCUT2D eigenvalue weighted by Crippen LogP contribution is -2.48. The normalized spacial score (nSPS) is 11.3. The average Bonchev–Trinajstić information content (AvgIpc) is 2.73. The fourth-order valence-corrected chi connectivity index (χ4v) is 2.51. The van der Waals surface area contributed by atoms with Gasteiger partial charge in [-0.05, 0) is 11.1 Å². The highest BCUT2D eigenvalue weighted by atomic mass is 16.6. The van der Waals surface area contributed by atoms with Crippen molar-refractivity contribution in [2.45, 2.75) is 19.1 Å². The first-order chi connectivity index (χ1) is 14.0. The second-order valence-corrected chi connectivity index (χ2v) is 6.17. The number of methoxy groups -OCH3 is 1. The van der Waals surface area contributed by atoms with Gasteiger partial charge >= 0.3 is 6.09 Å². The molecule has 1 atom stereocenters. The number of non-ortho nitro benzene ring substituents is 1. The molecule has 0 unspecified atom stereocenters. The van der Waals surface area contributed by atoms with E-state index in [0.717, 1.165) is 5.56 Å². The molecule has 2 amide bonds. The van der Waals surface area contributed by atoms with Crippen LogP contribution in [0.1, 0.15) is 11.1 Å². The Morgan fingerprint density at radius 3 is 2.38 bits per heavy atom. The molecule has 0 radical (unpaired) electrons. The third kappa shape index (κ3) is 7.59. The summed E-state index contributed by atoms with van der Waals surface area (Å²) in [5.74, 6) is -0.405. The largest absolute Gasteiger partial charge is 0.445 e. The van der Waals surface area contributed by atoms with E-state index in [2.05, 4.69) is 10.6 Å². The van der Waals surface area contributed by atoms with Crippen LogP contribution in [0, 0.1) is 10.1 Å². The second kappa shape index (κ2) is 11.4. The van der Waals surface area contributed by atoms with Gasteiger partial charge in [0.05, 0.1) is 11.5 Å². The van der Waals surface area contributed by atoms with E-state index >= 15 is 0 Å². The fourth-order valence-electron chi connectivity index (χ4n) is 2.51. The topological polar surface area (TPSA) is 120 Å². The van der Waals surface area contributed by atoms with Crippen LogP contribution in [0.15, 0.2) is 54.6 Å². The third-order valence-corrected chi connectivity index (χ3v) is 4.01. The Morgan fingerprint density at radius 2 is 1.76 bits per heavy atom. The van der Waals surface area contributed by atoms with E-state index in [9.17, 15) is 19.7 Å². The van der Waals surface area contributed by atoms with Gasteiger partial charge in [0, 0.05) is 32.2 Å². The highest BCUT2D eigenvalue weighted by Gasteiger charge is 2.22. The van der Waals surface area contributed by atoms with Crippen molar-refractivity contribution in [1.82, 2.24) is 10.6 Å². The molecule has 0 aliphatic carbocycles. The van der Waals surface area contributed by atoms with Crippen LogP contribution in [0.2, 0.25) is 0 Å². The first-order valence-electron chi connectivity index (χ1n) is 8.97. The number of carbonyl (C=O) groups excluding carboxylic acids is 2. The molecule has 0 aliphatic heterocycles. The minimum absolute atomic E-state index is 0.0509. The molecule has 0 aromatic heterocycles. The van der Waals surface area contributed by atoms with Gasteiger partial charge < -0.3 is 20.1 Å². The number of amides is 2. The molecule has 0 bridgehead atoms. The van der Waals surface area contributed by atoms with Gasteiger partial charge in [-0.1, -0.05) is 42.5 Å². The number of benzene rings is 2. The van der Waals surface area contributed by atoms with E-state index in [4.69, 9.17) is 9.47 Å². The quantitative estimate of drug-likeness (QED) is 0.358. The number of carbonyl (C=O) groups is 2. The van der Waals surface area contributed by atoms with Crippen LogP contribution in [0.25, 0.3) is 0 Å². The number of alkyl carbamates (subject to hydrolysis) is 1. The van der Waals surface area contributed by atoms with Crippen LogP contribution >= 0.6 is 0 Å². The van der Waals surface area contributed by atoms with Crippen LogP contribution in [0.5, 0.6) is 0 Å². The Balaban J connectivity index is 2.00. The minimum atomic E-state index is -0.906. The summed E-state index contributed by atoms with van der Waals surface area (Å²) in [5, 5.41) is 16.0. The van der Waals surface area contributed by atoms with E-state index in [0.29, 0.717) is 12.2 Å². The zero-order valence-electron chi connectivity index (χ0n) is 16.0. The van der Waals surface area contributed by atoms with Crippen LogP contribution in [-0.2, 0) is 27.3 Å². The monoisotopic (exact) mass is 401 g/mol. The molecule has 9 heteroatoms. The summed E-state index contributed by atoms with van der Waals surface area (Å²) in [6.07, 6.45) is -0.584. The Kier molecular flexibility index (Phi) is 8.58. The summed E-state index contributed by atoms with van der Waals surface area (Å²) >= 11 is 0. The number of hydrogen-bond acceptors (Lipinski definition) is 6. The zero-order valence-corrected chi connectivity index (χ0v) is 16.0. The van der Waals surface area contributed by atoms with Gasteiger partial charge in [0.1, 0.15) is 12.6 Å². The SMILES string of the molecule is COCCNC(=O)[C@H](Cc1ccc([N+](=O)[O-])cc1)NC(=O)OCc1ccccc1. The molecule has 0 saturated carbocycles. The van der Waals surface area contributed by atoms with Crippen LogP contribution in [0.4, 0.5) is 10.5 Å². The lowest BCUT2D eigenvalue weighted by atomic mass is 10.0. The van der Waals surface area contributed by atoms with Crippen molar-refractivity contribution in [2.75, 3.05) is 20.3 Å². The molecule has 2 aromatic carbocycles. The first kappa shape index (κ1) is 21.8. The summed E-state index contributed by atoms with van der Waals surface area (Å²) in [5.41, 5.74) is 1.43. The Labute approximate surface area is 168 Å². The smallest absolute Gasteiger partial charge is 0.408 e. The van der Waals surface area contributed by atoms with Crippen LogP contribution in [-0.4, -0.2) is 43.2 Å². The number of nitro groups is 1. The van der Waals surface area contributed by atoms with Crippen molar-refractivity contribution in [1.29, 1.82) is 0 Å². The van der Waals surface area contributed by atoms with Crippen molar-refractivity contribution in [2.24, 2.45) is 0 Å². The highest BCUT2D eigenvalue weighted by molar-refractivity contribution is 5.85. The second-order valence-electron chi connectivity index (χ2n) is 6.17. The molecule has 0 heterocycles. The van der Waals surface area contributed by atoms with Crippen LogP contribution in [0.3, 0.4) is 0 Å². The van der Waals surface area contributed by atoms with Crippen molar-refractivity contribution in [3.8, 4) is 0 Å². The molecule has 154 valence electrons. The van der Waals surface area contributed by atoms with Crippen molar-refractivity contribution >= 4 is 17.7 Å². The van der Waals surface area contributed by atoms with E-state index in [-0.39, 0.29) is 25.3 Å². The summed E-state index contributed by atoms with van der Waals surface area (Å²) in [7, 11) is 1.51. The molecular formula is C20H23N3O6. The first-order valence-corrected chi connectivity index (χ1v) is 8.97. The van der Waals surface area contributed by atoms with E-state index in [1.807, 2.05) is 30.3 Å². The van der Waals surface area contributed by atoms with Gasteiger partial charge in [0.25, 0.3) is 5.69 Å². The van der Waals surface area contributed by atoms with Crippen molar-refractivity contribution in [3.63, 3.8) is 0 Å². The lowest BCUT2D eigenvalue weighted by molar-refractivity contribution is -0.384. The van der Waals surface area contributed by atoms with Gasteiger partial charge in [-0.25, -0.2) is 4.79 Å². The minimum Gasteiger partial charge on any atom is -0.445 e. The number of nitrogens with zero attached hydrogens (tertiary/aromatic N) is 1. The lowest BCUT2D eigenvalue weighted by Gasteiger charge is -2.18. The zero-order chi connectivity index (χ0) is 21.1. The molecule has 0 fully saturated rings. The predicted molar refractivity (Wildman–Crippen MR) is 105 cm³/mol.